The highest BCUT2D eigenvalue weighted by Gasteiger charge is 2.14. The molecule has 36 heavy (non-hydrogen) atoms. The first-order valence-electron chi connectivity index (χ1n) is 11.8. The number of benzene rings is 1. The highest BCUT2D eigenvalue weighted by Crippen LogP contribution is 2.18. The summed E-state index contributed by atoms with van der Waals surface area (Å²) in [6, 6.07) is 7.32. The number of aliphatic hydroxyl groups is 1. The Bertz CT molecular complexity index is 1070. The summed E-state index contributed by atoms with van der Waals surface area (Å²) in [5.41, 5.74) is 13.0. The van der Waals surface area contributed by atoms with Gasteiger partial charge < -0.3 is 32.5 Å². The zero-order valence-electron chi connectivity index (χ0n) is 21.1. The summed E-state index contributed by atoms with van der Waals surface area (Å²) >= 11 is 1.36. The van der Waals surface area contributed by atoms with Crippen molar-refractivity contribution in [3.63, 3.8) is 0 Å². The zero-order valence-corrected chi connectivity index (χ0v) is 22.0. The molecule has 196 valence electrons. The lowest BCUT2D eigenvalue weighted by Gasteiger charge is -2.17. The first-order valence-corrected chi connectivity index (χ1v) is 12.6. The van der Waals surface area contributed by atoms with Gasteiger partial charge in [-0.05, 0) is 56.4 Å². The Morgan fingerprint density at radius 1 is 1.08 bits per heavy atom. The molecule has 1 heterocycles. The number of rotatable bonds is 14. The van der Waals surface area contributed by atoms with Gasteiger partial charge in [-0.1, -0.05) is 35.6 Å². The Morgan fingerprint density at radius 2 is 1.78 bits per heavy atom. The van der Waals surface area contributed by atoms with E-state index in [0.29, 0.717) is 11.0 Å². The van der Waals surface area contributed by atoms with E-state index in [-0.39, 0.29) is 31.2 Å². The molecule has 1 aromatic carbocycles. The van der Waals surface area contributed by atoms with Crippen LogP contribution in [-0.4, -0.2) is 46.3 Å². The van der Waals surface area contributed by atoms with Crippen LogP contribution < -0.4 is 27.4 Å². The van der Waals surface area contributed by atoms with Gasteiger partial charge in [-0.25, -0.2) is 0 Å². The molecule has 1 aromatic heterocycles. The number of anilines is 1. The molecular formula is C25H37N7O3S. The normalized spacial score (nSPS) is 12.3. The number of carbonyl (C=O) groups excluding carboxylic acids is 2. The van der Waals surface area contributed by atoms with Crippen molar-refractivity contribution in [1.29, 1.82) is 0 Å². The maximum absolute atomic E-state index is 12.5. The molecule has 2 rings (SSSR count). The fourth-order valence-electron chi connectivity index (χ4n) is 3.14. The van der Waals surface area contributed by atoms with Crippen LogP contribution in [0.25, 0.3) is 0 Å². The highest BCUT2D eigenvalue weighted by atomic mass is 32.1. The van der Waals surface area contributed by atoms with E-state index in [2.05, 4.69) is 26.1 Å². The average Bonchev–Trinajstić information content (AvgIpc) is 3.25. The molecule has 0 aliphatic rings. The number of hydrogen-bond donors (Lipinski definition) is 6. The predicted molar refractivity (Wildman–Crippen MR) is 143 cm³/mol. The van der Waals surface area contributed by atoms with Crippen molar-refractivity contribution in [1.82, 2.24) is 20.8 Å². The molecule has 0 spiro atoms. The summed E-state index contributed by atoms with van der Waals surface area (Å²) in [7, 11) is 1.75. The molecule has 10 nitrogen and oxygen atoms in total. The fourth-order valence-corrected chi connectivity index (χ4v) is 3.93. The SMILES string of the molecule is CN/C(N)=C/C=C(\N)CCCCc1nnc(NC(=O)Cc2cccc(CC(=O)NCC(C)(C)O)c2)s1. The monoisotopic (exact) mass is 515 g/mol. The van der Waals surface area contributed by atoms with Crippen LogP contribution in [0.15, 0.2) is 47.9 Å². The molecule has 8 N–H and O–H groups in total. The summed E-state index contributed by atoms with van der Waals surface area (Å²) in [6.45, 7) is 3.43. The lowest BCUT2D eigenvalue weighted by atomic mass is 10.0. The Balaban J connectivity index is 1.77. The van der Waals surface area contributed by atoms with Gasteiger partial charge in [0.25, 0.3) is 0 Å². The Kier molecular flexibility index (Phi) is 11.4. The maximum atomic E-state index is 12.5. The molecule has 11 heteroatoms. The van der Waals surface area contributed by atoms with Gasteiger partial charge in [-0.2, -0.15) is 0 Å². The van der Waals surface area contributed by atoms with Crippen LogP contribution >= 0.6 is 11.3 Å². The quantitative estimate of drug-likeness (QED) is 0.163. The third kappa shape index (κ3) is 11.8. The minimum Gasteiger partial charge on any atom is -0.402 e. The van der Waals surface area contributed by atoms with Crippen LogP contribution in [-0.2, 0) is 28.9 Å². The third-order valence-electron chi connectivity index (χ3n) is 5.02. The molecule has 2 aromatic rings. The smallest absolute Gasteiger partial charge is 0.230 e. The molecule has 0 saturated carbocycles. The van der Waals surface area contributed by atoms with E-state index in [1.54, 1.807) is 33.0 Å². The van der Waals surface area contributed by atoms with Gasteiger partial charge in [0, 0.05) is 25.7 Å². The summed E-state index contributed by atoms with van der Waals surface area (Å²) in [4.78, 5) is 24.6. The number of hydrogen-bond acceptors (Lipinski definition) is 9. The van der Waals surface area contributed by atoms with Crippen LogP contribution in [0.2, 0.25) is 0 Å². The van der Waals surface area contributed by atoms with Gasteiger partial charge in [-0.15, -0.1) is 10.2 Å². The third-order valence-corrected chi connectivity index (χ3v) is 5.92. The minimum atomic E-state index is -0.968. The van der Waals surface area contributed by atoms with E-state index < -0.39 is 5.60 Å². The van der Waals surface area contributed by atoms with Crippen LogP contribution in [0.3, 0.4) is 0 Å². The van der Waals surface area contributed by atoms with E-state index in [1.807, 2.05) is 24.3 Å². The largest absolute Gasteiger partial charge is 0.402 e. The molecule has 0 radical (unpaired) electrons. The van der Waals surface area contributed by atoms with Crippen molar-refractivity contribution in [3.05, 3.63) is 64.1 Å². The number of aromatic nitrogens is 2. The fraction of sp³-hybridized carbons (Fsp3) is 0.440. The number of aryl methyl sites for hydroxylation is 1. The first kappa shape index (κ1) is 28.8. The summed E-state index contributed by atoms with van der Waals surface area (Å²) in [5, 5.41) is 27.6. The van der Waals surface area contributed by atoms with Gasteiger partial charge in [0.2, 0.25) is 16.9 Å². The van der Waals surface area contributed by atoms with Crippen molar-refractivity contribution in [2.75, 3.05) is 18.9 Å². The second-order valence-electron chi connectivity index (χ2n) is 9.13. The zero-order chi connectivity index (χ0) is 26.6. The lowest BCUT2D eigenvalue weighted by Crippen LogP contribution is -2.38. The lowest BCUT2D eigenvalue weighted by molar-refractivity contribution is -0.121. The maximum Gasteiger partial charge on any atom is 0.230 e. The van der Waals surface area contributed by atoms with Crippen molar-refractivity contribution < 1.29 is 14.7 Å². The molecule has 0 aliphatic carbocycles. The Labute approximate surface area is 216 Å². The summed E-state index contributed by atoms with van der Waals surface area (Å²) in [5.74, 6) is 0.169. The minimum absolute atomic E-state index is 0.159. The van der Waals surface area contributed by atoms with E-state index in [0.717, 1.165) is 47.5 Å². The number of carbonyl (C=O) groups is 2. The number of nitrogens with zero attached hydrogens (tertiary/aromatic N) is 2. The van der Waals surface area contributed by atoms with Crippen LogP contribution in [0.1, 0.15) is 49.2 Å². The topological polar surface area (TPSA) is 168 Å². The summed E-state index contributed by atoms with van der Waals surface area (Å²) < 4.78 is 0. The molecule has 0 atom stereocenters. The Hall–Kier alpha value is -3.44. The standard InChI is InChI=1S/C25H37N7O3S/c1-25(2,35)16-29-21(33)14-17-7-6-8-18(13-17)15-22(34)30-24-32-31-23(36-24)10-5-4-9-19(26)11-12-20(27)28-3/h6-8,11-13,28,35H,4-5,9-10,14-16,26-27H2,1-3H3,(H,29,33)(H,30,32,34)/b19-11-,20-12+. The van der Waals surface area contributed by atoms with Crippen molar-refractivity contribution >= 4 is 28.3 Å². The predicted octanol–water partition coefficient (Wildman–Crippen LogP) is 1.72. The average molecular weight is 516 g/mol. The first-order chi connectivity index (χ1) is 17.0. The van der Waals surface area contributed by atoms with E-state index in [1.165, 1.54) is 11.3 Å². The molecular weight excluding hydrogens is 478 g/mol. The van der Waals surface area contributed by atoms with Crippen molar-refractivity contribution in [3.8, 4) is 0 Å². The molecule has 2 amide bonds. The Morgan fingerprint density at radius 3 is 2.44 bits per heavy atom. The molecule has 0 aliphatic heterocycles. The van der Waals surface area contributed by atoms with Crippen molar-refractivity contribution in [2.24, 2.45) is 11.5 Å². The van der Waals surface area contributed by atoms with Crippen LogP contribution in [0.4, 0.5) is 5.13 Å². The number of unbranched alkanes of at least 4 members (excludes halogenated alkanes) is 1. The van der Waals surface area contributed by atoms with Gasteiger partial charge in [0.15, 0.2) is 0 Å². The van der Waals surface area contributed by atoms with Crippen molar-refractivity contribution in [2.45, 2.75) is 58.0 Å². The number of nitrogens with one attached hydrogen (secondary N) is 3. The number of amides is 2. The second-order valence-corrected chi connectivity index (χ2v) is 10.2. The van der Waals surface area contributed by atoms with Gasteiger partial charge in [0.05, 0.1) is 24.3 Å². The molecule has 0 saturated heterocycles. The number of allylic oxidation sites excluding steroid dienone is 3. The molecule has 0 fully saturated rings. The second kappa shape index (κ2) is 14.2. The van der Waals surface area contributed by atoms with E-state index >= 15 is 0 Å². The molecule has 0 unspecified atom stereocenters. The van der Waals surface area contributed by atoms with Gasteiger partial charge >= 0.3 is 0 Å². The van der Waals surface area contributed by atoms with Crippen LogP contribution in [0, 0.1) is 0 Å². The van der Waals surface area contributed by atoms with Gasteiger partial charge in [0.1, 0.15) is 5.01 Å². The summed E-state index contributed by atoms with van der Waals surface area (Å²) in [6.07, 6.45) is 7.19. The highest BCUT2D eigenvalue weighted by molar-refractivity contribution is 7.15. The van der Waals surface area contributed by atoms with Gasteiger partial charge in [-0.3, -0.25) is 9.59 Å². The van der Waals surface area contributed by atoms with Crippen LogP contribution in [0.5, 0.6) is 0 Å². The number of nitrogens with two attached hydrogens (primary N) is 2. The molecule has 0 bridgehead atoms. The van der Waals surface area contributed by atoms with E-state index in [9.17, 15) is 14.7 Å². The van der Waals surface area contributed by atoms with E-state index in [4.69, 9.17) is 11.5 Å².